The Bertz CT molecular complexity index is 644. The van der Waals surface area contributed by atoms with Crippen molar-refractivity contribution in [2.45, 2.75) is 25.9 Å². The summed E-state index contributed by atoms with van der Waals surface area (Å²) < 4.78 is 11.4. The number of rotatable bonds is 3. The maximum Gasteiger partial charge on any atom is 0.253 e. The van der Waals surface area contributed by atoms with Gasteiger partial charge in [0.05, 0.1) is 31.0 Å². The fourth-order valence-corrected chi connectivity index (χ4v) is 2.96. The molecule has 130 valence electrons. The normalized spacial score (nSPS) is 21.5. The van der Waals surface area contributed by atoms with Crippen LogP contribution in [0.25, 0.3) is 0 Å². The molecule has 2 aliphatic rings. The third kappa shape index (κ3) is 3.51. The van der Waals surface area contributed by atoms with Crippen LogP contribution in [0.5, 0.6) is 0 Å². The van der Waals surface area contributed by atoms with E-state index in [0.717, 1.165) is 29.9 Å². The minimum Gasteiger partial charge on any atom is -0.498 e. The Morgan fingerprint density at radius 2 is 2.21 bits per heavy atom. The van der Waals surface area contributed by atoms with Crippen LogP contribution in [0.3, 0.4) is 0 Å². The number of ether oxygens (including phenoxy) is 2. The number of nitrogens with zero attached hydrogens (tertiary/aromatic N) is 4. The van der Waals surface area contributed by atoms with Crippen molar-refractivity contribution >= 4 is 11.9 Å². The molecule has 3 rings (SSSR count). The van der Waals surface area contributed by atoms with Crippen LogP contribution in [0, 0.1) is 0 Å². The van der Waals surface area contributed by atoms with Gasteiger partial charge in [-0.2, -0.15) is 0 Å². The lowest BCUT2D eigenvalue weighted by Gasteiger charge is -2.34. The molecule has 0 radical (unpaired) electrons. The molecule has 1 saturated heterocycles. The SMILES string of the molecule is CC1=C(C(=O)N2CCO[C@H](c3ccnc(N(C)C)n3)C2)CCCO1. The molecule has 0 bridgehead atoms. The number of amides is 1. The molecular weight excluding hydrogens is 308 g/mol. The summed E-state index contributed by atoms with van der Waals surface area (Å²) >= 11 is 0. The van der Waals surface area contributed by atoms with Gasteiger partial charge in [-0.25, -0.2) is 9.97 Å². The lowest BCUT2D eigenvalue weighted by Crippen LogP contribution is -2.43. The predicted molar refractivity (Wildman–Crippen MR) is 89.5 cm³/mol. The molecule has 0 aliphatic carbocycles. The second kappa shape index (κ2) is 7.17. The van der Waals surface area contributed by atoms with Crippen LogP contribution >= 0.6 is 0 Å². The average Bonchev–Trinajstić information content (AvgIpc) is 2.62. The average molecular weight is 332 g/mol. The van der Waals surface area contributed by atoms with E-state index in [-0.39, 0.29) is 12.0 Å². The zero-order chi connectivity index (χ0) is 17.1. The fourth-order valence-electron chi connectivity index (χ4n) is 2.96. The predicted octanol–water partition coefficient (Wildman–Crippen LogP) is 1.53. The van der Waals surface area contributed by atoms with Gasteiger partial charge in [0.1, 0.15) is 11.9 Å². The van der Waals surface area contributed by atoms with Crippen LogP contribution in [0.2, 0.25) is 0 Å². The van der Waals surface area contributed by atoms with Crippen molar-refractivity contribution in [1.82, 2.24) is 14.9 Å². The van der Waals surface area contributed by atoms with E-state index in [1.54, 1.807) is 6.20 Å². The van der Waals surface area contributed by atoms with Gasteiger partial charge in [-0.1, -0.05) is 0 Å². The summed E-state index contributed by atoms with van der Waals surface area (Å²) in [5, 5.41) is 0. The first-order chi connectivity index (χ1) is 11.6. The standard InChI is InChI=1S/C17H24N4O3/c1-12-13(5-4-9-23-12)16(22)21-8-10-24-15(11-21)14-6-7-18-17(19-14)20(2)3/h6-7,15H,4-5,8-11H2,1-3H3/t15-/m0/s1. The molecule has 24 heavy (non-hydrogen) atoms. The summed E-state index contributed by atoms with van der Waals surface area (Å²) in [6, 6.07) is 1.85. The van der Waals surface area contributed by atoms with Crippen LogP contribution in [0.4, 0.5) is 5.95 Å². The number of carbonyl (C=O) groups is 1. The summed E-state index contributed by atoms with van der Waals surface area (Å²) in [6.07, 6.45) is 3.17. The maximum atomic E-state index is 12.8. The van der Waals surface area contributed by atoms with E-state index in [0.29, 0.717) is 32.3 Å². The van der Waals surface area contributed by atoms with Gasteiger partial charge in [0, 0.05) is 26.8 Å². The smallest absolute Gasteiger partial charge is 0.253 e. The van der Waals surface area contributed by atoms with E-state index >= 15 is 0 Å². The van der Waals surface area contributed by atoms with E-state index in [2.05, 4.69) is 9.97 Å². The Balaban J connectivity index is 1.75. The van der Waals surface area contributed by atoms with E-state index in [1.807, 2.05) is 36.9 Å². The molecule has 1 amide bonds. The summed E-state index contributed by atoms with van der Waals surface area (Å²) in [5.74, 6) is 1.45. The van der Waals surface area contributed by atoms with E-state index in [9.17, 15) is 4.79 Å². The van der Waals surface area contributed by atoms with Gasteiger partial charge in [-0.05, 0) is 25.8 Å². The van der Waals surface area contributed by atoms with Crippen LogP contribution in [-0.4, -0.2) is 61.2 Å². The molecule has 0 aromatic carbocycles. The topological polar surface area (TPSA) is 67.8 Å². The minimum absolute atomic E-state index is 0.0578. The largest absolute Gasteiger partial charge is 0.498 e. The van der Waals surface area contributed by atoms with E-state index < -0.39 is 0 Å². The second-order valence-electron chi connectivity index (χ2n) is 6.27. The first-order valence-corrected chi connectivity index (χ1v) is 8.30. The molecule has 0 unspecified atom stereocenters. The number of hydrogen-bond acceptors (Lipinski definition) is 6. The molecule has 1 fully saturated rings. The third-order valence-corrected chi connectivity index (χ3v) is 4.32. The van der Waals surface area contributed by atoms with Gasteiger partial charge in [0.25, 0.3) is 5.91 Å². The number of anilines is 1. The molecule has 1 aromatic rings. The molecule has 3 heterocycles. The zero-order valence-corrected chi connectivity index (χ0v) is 14.5. The molecule has 1 aromatic heterocycles. The Hall–Kier alpha value is -2.15. The monoisotopic (exact) mass is 332 g/mol. The van der Waals surface area contributed by atoms with Crippen molar-refractivity contribution in [3.05, 3.63) is 29.3 Å². The minimum atomic E-state index is -0.227. The molecule has 7 heteroatoms. The van der Waals surface area contributed by atoms with E-state index in [1.165, 1.54) is 0 Å². The molecule has 2 aliphatic heterocycles. The van der Waals surface area contributed by atoms with Gasteiger partial charge in [0.15, 0.2) is 0 Å². The highest BCUT2D eigenvalue weighted by Gasteiger charge is 2.30. The summed E-state index contributed by atoms with van der Waals surface area (Å²) in [4.78, 5) is 25.3. The van der Waals surface area contributed by atoms with Gasteiger partial charge in [0.2, 0.25) is 5.95 Å². The lowest BCUT2D eigenvalue weighted by molar-refractivity contribution is -0.135. The first-order valence-electron chi connectivity index (χ1n) is 8.30. The van der Waals surface area contributed by atoms with Crippen LogP contribution in [-0.2, 0) is 14.3 Å². The van der Waals surface area contributed by atoms with Gasteiger partial charge in [-0.15, -0.1) is 0 Å². The molecule has 0 spiro atoms. The van der Waals surface area contributed by atoms with Gasteiger partial charge >= 0.3 is 0 Å². The number of morpholine rings is 1. The number of carbonyl (C=O) groups excluding carboxylic acids is 1. The highest BCUT2D eigenvalue weighted by atomic mass is 16.5. The van der Waals surface area contributed by atoms with Crippen molar-refractivity contribution in [1.29, 1.82) is 0 Å². The lowest BCUT2D eigenvalue weighted by atomic mass is 10.0. The highest BCUT2D eigenvalue weighted by Crippen LogP contribution is 2.26. The van der Waals surface area contributed by atoms with E-state index in [4.69, 9.17) is 9.47 Å². The third-order valence-electron chi connectivity index (χ3n) is 4.32. The van der Waals surface area contributed by atoms with Gasteiger partial charge < -0.3 is 19.3 Å². The summed E-state index contributed by atoms with van der Waals surface area (Å²) in [6.45, 7) is 4.17. The summed E-state index contributed by atoms with van der Waals surface area (Å²) in [5.41, 5.74) is 1.59. The van der Waals surface area contributed by atoms with Crippen molar-refractivity contribution in [2.75, 3.05) is 45.3 Å². The van der Waals surface area contributed by atoms with Crippen molar-refractivity contribution < 1.29 is 14.3 Å². The molecule has 1 atom stereocenters. The Morgan fingerprint density at radius 3 is 2.96 bits per heavy atom. The van der Waals surface area contributed by atoms with Crippen LogP contribution < -0.4 is 4.90 Å². The van der Waals surface area contributed by atoms with Crippen LogP contribution in [0.1, 0.15) is 31.6 Å². The number of aromatic nitrogens is 2. The Morgan fingerprint density at radius 1 is 1.38 bits per heavy atom. The fraction of sp³-hybridized carbons (Fsp3) is 0.588. The maximum absolute atomic E-state index is 12.8. The first kappa shape index (κ1) is 16.7. The highest BCUT2D eigenvalue weighted by molar-refractivity contribution is 5.94. The van der Waals surface area contributed by atoms with Crippen molar-refractivity contribution in [2.24, 2.45) is 0 Å². The van der Waals surface area contributed by atoms with Crippen molar-refractivity contribution in [3.8, 4) is 0 Å². The Labute approximate surface area is 142 Å². The molecule has 0 saturated carbocycles. The van der Waals surface area contributed by atoms with Gasteiger partial charge in [-0.3, -0.25) is 4.79 Å². The van der Waals surface area contributed by atoms with Crippen LogP contribution in [0.15, 0.2) is 23.6 Å². The summed E-state index contributed by atoms with van der Waals surface area (Å²) in [7, 11) is 3.80. The number of allylic oxidation sites excluding steroid dienone is 1. The second-order valence-corrected chi connectivity index (χ2v) is 6.27. The zero-order valence-electron chi connectivity index (χ0n) is 14.5. The number of hydrogen-bond donors (Lipinski definition) is 0. The Kier molecular flexibility index (Phi) is 4.99. The molecule has 0 N–H and O–H groups in total. The molecular formula is C17H24N4O3. The van der Waals surface area contributed by atoms with Crippen molar-refractivity contribution in [3.63, 3.8) is 0 Å². The quantitative estimate of drug-likeness (QED) is 0.836. The molecule has 7 nitrogen and oxygen atoms in total.